The molecule has 0 bridgehead atoms. The SMILES string of the molecule is CC(C)CCOc1cc(C(F)(F)F)c2c(c1)ncn2C1CC(C)(O)C1. The Morgan fingerprint density at radius 3 is 2.60 bits per heavy atom. The predicted molar refractivity (Wildman–Crippen MR) is 88.6 cm³/mol. The fourth-order valence-corrected chi connectivity index (χ4v) is 3.29. The largest absolute Gasteiger partial charge is 0.493 e. The zero-order valence-electron chi connectivity index (χ0n) is 14.6. The van der Waals surface area contributed by atoms with Crippen molar-refractivity contribution in [3.63, 3.8) is 0 Å². The van der Waals surface area contributed by atoms with Crippen molar-refractivity contribution in [3.05, 3.63) is 24.0 Å². The van der Waals surface area contributed by atoms with E-state index in [4.69, 9.17) is 4.74 Å². The maximum atomic E-state index is 13.6. The van der Waals surface area contributed by atoms with Crippen molar-refractivity contribution >= 4 is 11.0 Å². The number of nitrogens with zero attached hydrogens (tertiary/aromatic N) is 2. The third-order valence-corrected chi connectivity index (χ3v) is 4.66. The molecular formula is C18H23F3N2O2. The quantitative estimate of drug-likeness (QED) is 0.854. The van der Waals surface area contributed by atoms with Crippen molar-refractivity contribution in [1.29, 1.82) is 0 Å². The Morgan fingerprint density at radius 1 is 1.36 bits per heavy atom. The topological polar surface area (TPSA) is 47.3 Å². The summed E-state index contributed by atoms with van der Waals surface area (Å²) in [4.78, 5) is 4.15. The van der Waals surface area contributed by atoms with Crippen molar-refractivity contribution < 1.29 is 23.0 Å². The molecule has 0 saturated heterocycles. The number of hydrogen-bond donors (Lipinski definition) is 1. The molecule has 1 N–H and O–H groups in total. The van der Waals surface area contributed by atoms with E-state index in [0.717, 1.165) is 12.5 Å². The zero-order valence-corrected chi connectivity index (χ0v) is 14.6. The summed E-state index contributed by atoms with van der Waals surface area (Å²) in [5, 5.41) is 9.89. The fraction of sp³-hybridized carbons (Fsp3) is 0.611. The monoisotopic (exact) mass is 356 g/mol. The molecule has 4 nitrogen and oxygen atoms in total. The smallest absolute Gasteiger partial charge is 0.418 e. The molecule has 0 unspecified atom stereocenters. The van der Waals surface area contributed by atoms with E-state index >= 15 is 0 Å². The van der Waals surface area contributed by atoms with Gasteiger partial charge in [0.15, 0.2) is 0 Å². The van der Waals surface area contributed by atoms with E-state index in [1.54, 1.807) is 13.0 Å². The molecule has 0 radical (unpaired) electrons. The van der Waals surface area contributed by atoms with Crippen LogP contribution in [0.15, 0.2) is 18.5 Å². The summed E-state index contributed by atoms with van der Waals surface area (Å²) in [6.45, 7) is 6.12. The summed E-state index contributed by atoms with van der Waals surface area (Å²) >= 11 is 0. The van der Waals surface area contributed by atoms with E-state index in [9.17, 15) is 18.3 Å². The van der Waals surface area contributed by atoms with Crippen LogP contribution in [0.5, 0.6) is 5.75 Å². The average Bonchev–Trinajstić information content (AvgIpc) is 2.85. The number of rotatable bonds is 5. The Morgan fingerprint density at radius 2 is 2.04 bits per heavy atom. The summed E-state index contributed by atoms with van der Waals surface area (Å²) in [6.07, 6.45) is -1.47. The lowest BCUT2D eigenvalue weighted by Gasteiger charge is -2.41. The summed E-state index contributed by atoms with van der Waals surface area (Å²) in [6, 6.07) is 2.43. The Hall–Kier alpha value is -1.76. The van der Waals surface area contributed by atoms with Crippen molar-refractivity contribution in [3.8, 4) is 5.75 Å². The number of alkyl halides is 3. The molecule has 0 spiro atoms. The molecule has 3 rings (SSSR count). The van der Waals surface area contributed by atoms with Crippen LogP contribution >= 0.6 is 0 Å². The van der Waals surface area contributed by atoms with Crippen LogP contribution in [0.3, 0.4) is 0 Å². The van der Waals surface area contributed by atoms with Gasteiger partial charge in [0, 0.05) is 12.1 Å². The number of aromatic nitrogens is 2. The highest BCUT2D eigenvalue weighted by Gasteiger charge is 2.42. The highest BCUT2D eigenvalue weighted by Crippen LogP contribution is 2.45. The minimum absolute atomic E-state index is 0.0595. The van der Waals surface area contributed by atoms with Gasteiger partial charge < -0.3 is 14.4 Å². The molecule has 1 aromatic heterocycles. The van der Waals surface area contributed by atoms with Gasteiger partial charge in [0.25, 0.3) is 0 Å². The first-order valence-corrected chi connectivity index (χ1v) is 8.50. The van der Waals surface area contributed by atoms with Gasteiger partial charge in [0.1, 0.15) is 5.75 Å². The third kappa shape index (κ3) is 3.76. The second-order valence-corrected chi connectivity index (χ2v) is 7.58. The number of halogens is 3. The minimum Gasteiger partial charge on any atom is -0.493 e. The Labute approximate surface area is 144 Å². The molecule has 0 atom stereocenters. The van der Waals surface area contributed by atoms with Gasteiger partial charge in [-0.05, 0) is 38.2 Å². The second kappa shape index (κ2) is 6.20. The molecule has 0 amide bonds. The van der Waals surface area contributed by atoms with E-state index in [2.05, 4.69) is 4.98 Å². The highest BCUT2D eigenvalue weighted by molar-refractivity contribution is 5.82. The van der Waals surface area contributed by atoms with Gasteiger partial charge in [-0.3, -0.25) is 0 Å². The fourth-order valence-electron chi connectivity index (χ4n) is 3.29. The minimum atomic E-state index is -4.50. The standard InChI is InChI=1S/C18H23F3N2O2/c1-11(2)4-5-25-13-6-14(18(19,20)21)16-15(7-13)22-10-23(16)12-8-17(3,24)9-12/h6-7,10-12,24H,4-5,8-9H2,1-3H3. The normalized spacial score (nSPS) is 23.9. The lowest BCUT2D eigenvalue weighted by atomic mass is 9.77. The average molecular weight is 356 g/mol. The molecule has 138 valence electrons. The zero-order chi connectivity index (χ0) is 18.4. The molecule has 1 aromatic carbocycles. The van der Waals surface area contributed by atoms with Gasteiger partial charge in [-0.1, -0.05) is 13.8 Å². The summed E-state index contributed by atoms with van der Waals surface area (Å²) < 4.78 is 47.8. The Balaban J connectivity index is 1.97. The van der Waals surface area contributed by atoms with Gasteiger partial charge in [0.05, 0.1) is 35.1 Å². The van der Waals surface area contributed by atoms with Gasteiger partial charge in [0.2, 0.25) is 0 Å². The van der Waals surface area contributed by atoms with E-state index in [0.29, 0.717) is 25.4 Å². The van der Waals surface area contributed by atoms with Gasteiger partial charge in [-0.15, -0.1) is 0 Å². The van der Waals surface area contributed by atoms with Gasteiger partial charge in [-0.25, -0.2) is 4.98 Å². The lowest BCUT2D eigenvalue weighted by Crippen LogP contribution is -2.41. The van der Waals surface area contributed by atoms with Crippen LogP contribution in [0, 0.1) is 5.92 Å². The maximum absolute atomic E-state index is 13.6. The highest BCUT2D eigenvalue weighted by atomic mass is 19.4. The Bertz CT molecular complexity index is 758. The maximum Gasteiger partial charge on any atom is 0.418 e. The van der Waals surface area contributed by atoms with Crippen LogP contribution in [-0.4, -0.2) is 26.9 Å². The summed E-state index contributed by atoms with van der Waals surface area (Å²) in [5.41, 5.74) is -1.24. The first kappa shape index (κ1) is 18.0. The molecule has 0 aliphatic heterocycles. The Kier molecular flexibility index (Phi) is 4.47. The summed E-state index contributed by atoms with van der Waals surface area (Å²) in [7, 11) is 0. The lowest BCUT2D eigenvalue weighted by molar-refractivity contribution is -0.136. The molecule has 1 fully saturated rings. The van der Waals surface area contributed by atoms with E-state index in [1.807, 2.05) is 13.8 Å². The van der Waals surface area contributed by atoms with Crippen molar-refractivity contribution in [2.24, 2.45) is 5.92 Å². The van der Waals surface area contributed by atoms with Crippen LogP contribution in [0.4, 0.5) is 13.2 Å². The molecule has 1 saturated carbocycles. The number of hydrogen-bond acceptors (Lipinski definition) is 3. The first-order valence-electron chi connectivity index (χ1n) is 8.50. The van der Waals surface area contributed by atoms with E-state index < -0.39 is 17.3 Å². The molecule has 1 heterocycles. The molecule has 7 heteroatoms. The van der Waals surface area contributed by atoms with Crippen LogP contribution in [0.25, 0.3) is 11.0 Å². The van der Waals surface area contributed by atoms with E-state index in [1.165, 1.54) is 10.9 Å². The number of ether oxygens (including phenoxy) is 1. The third-order valence-electron chi connectivity index (χ3n) is 4.66. The van der Waals surface area contributed by atoms with Crippen LogP contribution in [0.1, 0.15) is 51.6 Å². The molecule has 1 aliphatic carbocycles. The van der Waals surface area contributed by atoms with E-state index in [-0.39, 0.29) is 22.8 Å². The van der Waals surface area contributed by atoms with Gasteiger partial charge >= 0.3 is 6.18 Å². The summed E-state index contributed by atoms with van der Waals surface area (Å²) in [5.74, 6) is 0.600. The molecule has 25 heavy (non-hydrogen) atoms. The van der Waals surface area contributed by atoms with Crippen molar-refractivity contribution in [2.45, 2.75) is 57.9 Å². The van der Waals surface area contributed by atoms with Crippen LogP contribution < -0.4 is 4.74 Å². The second-order valence-electron chi connectivity index (χ2n) is 7.58. The van der Waals surface area contributed by atoms with Crippen molar-refractivity contribution in [2.75, 3.05) is 6.61 Å². The molecular weight excluding hydrogens is 333 g/mol. The number of fused-ring (bicyclic) bond motifs is 1. The van der Waals surface area contributed by atoms with Gasteiger partial charge in [-0.2, -0.15) is 13.2 Å². The molecule has 1 aliphatic rings. The molecule has 2 aromatic rings. The number of benzene rings is 1. The van der Waals surface area contributed by atoms with Crippen LogP contribution in [0.2, 0.25) is 0 Å². The van der Waals surface area contributed by atoms with Crippen molar-refractivity contribution in [1.82, 2.24) is 9.55 Å². The first-order chi connectivity index (χ1) is 11.6. The van der Waals surface area contributed by atoms with Crippen LogP contribution in [-0.2, 0) is 6.18 Å². The number of aliphatic hydroxyl groups is 1. The predicted octanol–water partition coefficient (Wildman–Crippen LogP) is 4.57. The number of imidazole rings is 1.